The summed E-state index contributed by atoms with van der Waals surface area (Å²) in [4.78, 5) is 14.5. The molecular formula is C16H23FN2O2. The molecule has 0 unspecified atom stereocenters. The molecule has 1 fully saturated rings. The molecule has 4 nitrogen and oxygen atoms in total. The predicted octanol–water partition coefficient (Wildman–Crippen LogP) is 2.57. The van der Waals surface area contributed by atoms with E-state index >= 15 is 0 Å². The molecule has 0 aromatic heterocycles. The highest BCUT2D eigenvalue weighted by atomic mass is 19.1. The molecular weight excluding hydrogens is 271 g/mol. The fourth-order valence-electron chi connectivity index (χ4n) is 2.95. The molecule has 1 aromatic rings. The number of carbonyl (C=O) groups excluding carboxylic acids is 1. The number of benzene rings is 1. The minimum Gasteiger partial charge on any atom is -0.494 e. The Balaban J connectivity index is 2.19. The minimum absolute atomic E-state index is 0.145. The molecule has 21 heavy (non-hydrogen) atoms. The monoisotopic (exact) mass is 294 g/mol. The summed E-state index contributed by atoms with van der Waals surface area (Å²) >= 11 is 0. The van der Waals surface area contributed by atoms with E-state index in [-0.39, 0.29) is 17.7 Å². The van der Waals surface area contributed by atoms with Crippen molar-refractivity contribution in [1.82, 2.24) is 4.90 Å². The zero-order valence-electron chi connectivity index (χ0n) is 12.5. The number of ether oxygens (including phenoxy) is 1. The van der Waals surface area contributed by atoms with Crippen LogP contribution in [-0.2, 0) is 0 Å². The number of methoxy groups -OCH3 is 1. The van der Waals surface area contributed by atoms with Gasteiger partial charge in [0.15, 0.2) is 11.6 Å². The fourth-order valence-corrected chi connectivity index (χ4v) is 2.95. The second-order valence-corrected chi connectivity index (χ2v) is 5.43. The lowest BCUT2D eigenvalue weighted by molar-refractivity contribution is 0.0641. The zero-order valence-corrected chi connectivity index (χ0v) is 12.5. The van der Waals surface area contributed by atoms with Gasteiger partial charge in [0.25, 0.3) is 5.91 Å². The SMILES string of the molecule is COc1ccc(C(=O)N(CCN)C2CCCCC2)cc1F. The Labute approximate surface area is 125 Å². The molecule has 5 heteroatoms. The smallest absolute Gasteiger partial charge is 0.254 e. The Morgan fingerprint density at radius 1 is 1.38 bits per heavy atom. The van der Waals surface area contributed by atoms with E-state index in [2.05, 4.69) is 0 Å². The van der Waals surface area contributed by atoms with Crippen LogP contribution in [0.4, 0.5) is 4.39 Å². The van der Waals surface area contributed by atoms with Crippen LogP contribution in [0.5, 0.6) is 5.75 Å². The first kappa shape index (κ1) is 15.8. The summed E-state index contributed by atoms with van der Waals surface area (Å²) in [5.41, 5.74) is 5.99. The topological polar surface area (TPSA) is 55.6 Å². The molecule has 2 N–H and O–H groups in total. The van der Waals surface area contributed by atoms with E-state index < -0.39 is 5.82 Å². The fraction of sp³-hybridized carbons (Fsp3) is 0.562. The third kappa shape index (κ3) is 3.73. The van der Waals surface area contributed by atoms with Crippen LogP contribution in [0, 0.1) is 5.82 Å². The molecule has 0 bridgehead atoms. The Morgan fingerprint density at radius 3 is 2.67 bits per heavy atom. The van der Waals surface area contributed by atoms with Crippen LogP contribution in [-0.4, -0.2) is 37.0 Å². The molecule has 0 saturated heterocycles. The molecule has 0 radical (unpaired) electrons. The summed E-state index contributed by atoms with van der Waals surface area (Å²) in [5, 5.41) is 0. The van der Waals surface area contributed by atoms with E-state index in [1.54, 1.807) is 11.0 Å². The lowest BCUT2D eigenvalue weighted by atomic mass is 9.93. The highest BCUT2D eigenvalue weighted by Gasteiger charge is 2.26. The normalized spacial score (nSPS) is 15.8. The first-order valence-electron chi connectivity index (χ1n) is 7.52. The van der Waals surface area contributed by atoms with Crippen LogP contribution in [0.2, 0.25) is 0 Å². The van der Waals surface area contributed by atoms with Crippen LogP contribution < -0.4 is 10.5 Å². The molecule has 1 aliphatic rings. The molecule has 2 rings (SSSR count). The van der Waals surface area contributed by atoms with Crippen LogP contribution in [0.3, 0.4) is 0 Å². The van der Waals surface area contributed by atoms with E-state index in [1.165, 1.54) is 25.7 Å². The lowest BCUT2D eigenvalue weighted by Crippen LogP contribution is -2.44. The average molecular weight is 294 g/mol. The summed E-state index contributed by atoms with van der Waals surface area (Å²) in [6.07, 6.45) is 5.50. The van der Waals surface area contributed by atoms with Crippen molar-refractivity contribution in [3.8, 4) is 5.75 Å². The molecule has 0 heterocycles. The molecule has 116 valence electrons. The number of amides is 1. The maximum atomic E-state index is 13.8. The van der Waals surface area contributed by atoms with Crippen molar-refractivity contribution in [1.29, 1.82) is 0 Å². The van der Waals surface area contributed by atoms with Crippen LogP contribution in [0.1, 0.15) is 42.5 Å². The van der Waals surface area contributed by atoms with E-state index in [4.69, 9.17) is 10.5 Å². The van der Waals surface area contributed by atoms with Gasteiger partial charge in [-0.15, -0.1) is 0 Å². The maximum Gasteiger partial charge on any atom is 0.254 e. The highest BCUT2D eigenvalue weighted by Crippen LogP contribution is 2.25. The van der Waals surface area contributed by atoms with Crippen LogP contribution in [0.25, 0.3) is 0 Å². The minimum atomic E-state index is -0.514. The van der Waals surface area contributed by atoms with Crippen molar-refractivity contribution < 1.29 is 13.9 Å². The van der Waals surface area contributed by atoms with E-state index in [1.807, 2.05) is 0 Å². The lowest BCUT2D eigenvalue weighted by Gasteiger charge is -2.34. The van der Waals surface area contributed by atoms with Crippen molar-refractivity contribution in [3.05, 3.63) is 29.6 Å². The van der Waals surface area contributed by atoms with Crippen molar-refractivity contribution >= 4 is 5.91 Å². The molecule has 0 atom stereocenters. The average Bonchev–Trinajstić information content (AvgIpc) is 2.52. The number of hydrogen-bond donors (Lipinski definition) is 1. The zero-order chi connectivity index (χ0) is 15.2. The van der Waals surface area contributed by atoms with Gasteiger partial charge < -0.3 is 15.4 Å². The second kappa shape index (κ2) is 7.41. The standard InChI is InChI=1S/C16H23FN2O2/c1-21-15-8-7-12(11-14(15)17)16(20)19(10-9-18)13-5-3-2-4-6-13/h7-8,11,13H,2-6,9-10,18H2,1H3. The summed E-state index contributed by atoms with van der Waals surface area (Å²) in [5.74, 6) is -0.511. The molecule has 0 aliphatic heterocycles. The van der Waals surface area contributed by atoms with Gasteiger partial charge in [0.2, 0.25) is 0 Å². The Kier molecular flexibility index (Phi) is 5.56. The molecule has 0 spiro atoms. The van der Waals surface area contributed by atoms with Gasteiger partial charge in [-0.05, 0) is 31.0 Å². The summed E-state index contributed by atoms with van der Waals surface area (Å²) < 4.78 is 18.7. The largest absolute Gasteiger partial charge is 0.494 e. The summed E-state index contributed by atoms with van der Waals surface area (Å²) in [6, 6.07) is 4.56. The number of carbonyl (C=O) groups is 1. The number of rotatable bonds is 5. The van der Waals surface area contributed by atoms with Crippen molar-refractivity contribution in [2.45, 2.75) is 38.1 Å². The van der Waals surface area contributed by atoms with Gasteiger partial charge in [-0.1, -0.05) is 19.3 Å². The van der Waals surface area contributed by atoms with Gasteiger partial charge >= 0.3 is 0 Å². The number of hydrogen-bond acceptors (Lipinski definition) is 3. The summed E-state index contributed by atoms with van der Waals surface area (Å²) in [7, 11) is 1.41. The third-order valence-electron chi connectivity index (χ3n) is 4.05. The molecule has 1 aromatic carbocycles. The summed E-state index contributed by atoms with van der Waals surface area (Å²) in [6.45, 7) is 0.929. The first-order chi connectivity index (χ1) is 10.2. The number of nitrogens with two attached hydrogens (primary N) is 1. The van der Waals surface area contributed by atoms with Crippen LogP contribution in [0.15, 0.2) is 18.2 Å². The van der Waals surface area contributed by atoms with E-state index in [9.17, 15) is 9.18 Å². The molecule has 1 aliphatic carbocycles. The van der Waals surface area contributed by atoms with Gasteiger partial charge in [0, 0.05) is 24.7 Å². The van der Waals surface area contributed by atoms with Gasteiger partial charge in [0.1, 0.15) is 0 Å². The maximum absolute atomic E-state index is 13.8. The number of nitrogens with zero attached hydrogens (tertiary/aromatic N) is 1. The van der Waals surface area contributed by atoms with Crippen molar-refractivity contribution in [2.24, 2.45) is 5.73 Å². The number of halogens is 1. The van der Waals surface area contributed by atoms with Gasteiger partial charge in [-0.2, -0.15) is 0 Å². The van der Waals surface area contributed by atoms with Gasteiger partial charge in [-0.3, -0.25) is 4.79 Å². The van der Waals surface area contributed by atoms with E-state index in [0.717, 1.165) is 25.7 Å². The van der Waals surface area contributed by atoms with Crippen molar-refractivity contribution in [3.63, 3.8) is 0 Å². The Bertz CT molecular complexity index is 487. The Morgan fingerprint density at radius 2 is 2.10 bits per heavy atom. The van der Waals surface area contributed by atoms with Gasteiger partial charge in [-0.25, -0.2) is 4.39 Å². The molecule has 1 saturated carbocycles. The third-order valence-corrected chi connectivity index (χ3v) is 4.05. The van der Waals surface area contributed by atoms with E-state index in [0.29, 0.717) is 18.7 Å². The van der Waals surface area contributed by atoms with Gasteiger partial charge in [0.05, 0.1) is 7.11 Å². The first-order valence-corrected chi connectivity index (χ1v) is 7.52. The Hall–Kier alpha value is -1.62. The quantitative estimate of drug-likeness (QED) is 0.908. The van der Waals surface area contributed by atoms with Crippen LogP contribution >= 0.6 is 0 Å². The highest BCUT2D eigenvalue weighted by molar-refractivity contribution is 5.94. The van der Waals surface area contributed by atoms with Crippen molar-refractivity contribution in [2.75, 3.05) is 20.2 Å². The predicted molar refractivity (Wildman–Crippen MR) is 79.9 cm³/mol. The molecule has 1 amide bonds. The second-order valence-electron chi connectivity index (χ2n) is 5.43.